The molecule has 0 amide bonds. The molecule has 0 N–H and O–H groups in total. The smallest absolute Gasteiger partial charge is 0.135 e. The van der Waals surface area contributed by atoms with E-state index in [1.807, 2.05) is 12.3 Å². The van der Waals surface area contributed by atoms with Crippen LogP contribution in [0.4, 0.5) is 8.78 Å². The van der Waals surface area contributed by atoms with E-state index in [-0.39, 0.29) is 23.0 Å². The molecule has 3 aromatic carbocycles. The zero-order valence-electron chi connectivity index (χ0n) is 28.6. The van der Waals surface area contributed by atoms with Crippen molar-refractivity contribution in [3.8, 4) is 0 Å². The molecule has 7 rings (SSSR count). The summed E-state index contributed by atoms with van der Waals surface area (Å²) in [6.07, 6.45) is 5.73. The third-order valence-electron chi connectivity index (χ3n) is 10.7. The van der Waals surface area contributed by atoms with Crippen molar-refractivity contribution >= 4 is 26.8 Å². The van der Waals surface area contributed by atoms with Crippen LogP contribution in [0.5, 0.6) is 0 Å². The second-order valence-electron chi connectivity index (χ2n) is 16.0. The van der Waals surface area contributed by atoms with Crippen molar-refractivity contribution in [2.45, 2.75) is 90.5 Å². The molecule has 3 aliphatic rings. The fraction of sp³-hybridized carbons (Fsp3) is 0.439. The molecule has 2 bridgehead atoms. The number of piperidine rings is 3. The highest BCUT2D eigenvalue weighted by Gasteiger charge is 2.54. The Balaban J connectivity index is 1.48. The SMILES string of the molecule is C=C[C@H]1C[N@+]2(Cc3cc(F)cc(F)c3)CC[C@H]1C[C@@H]2[C@@H](OCc1cc(C(C)(C)C)cc(C(C)(C)C)c1Br)c1ccnc2ccccc12. The number of quaternary nitrogens is 1. The zero-order chi connectivity index (χ0) is 33.7. The molecule has 3 aliphatic heterocycles. The number of ether oxygens (including phenoxy) is 1. The van der Waals surface area contributed by atoms with E-state index in [2.05, 4.69) is 107 Å². The lowest BCUT2D eigenvalue weighted by atomic mass is 9.71. The average molecular weight is 703 g/mol. The van der Waals surface area contributed by atoms with Gasteiger partial charge in [0.15, 0.2) is 0 Å². The fourth-order valence-electron chi connectivity index (χ4n) is 8.15. The highest BCUT2D eigenvalue weighted by atomic mass is 79.9. The molecule has 0 saturated carbocycles. The van der Waals surface area contributed by atoms with Gasteiger partial charge in [-0.25, -0.2) is 8.78 Å². The quantitative estimate of drug-likeness (QED) is 0.135. The van der Waals surface area contributed by atoms with Crippen molar-refractivity contribution in [1.82, 2.24) is 4.98 Å². The molecule has 47 heavy (non-hydrogen) atoms. The van der Waals surface area contributed by atoms with Crippen molar-refractivity contribution in [1.29, 1.82) is 0 Å². The number of hydrogen-bond acceptors (Lipinski definition) is 2. The number of para-hydroxylation sites is 1. The Hall–Kier alpha value is -2.93. The Kier molecular flexibility index (Phi) is 9.27. The summed E-state index contributed by atoms with van der Waals surface area (Å²) in [6, 6.07) is 19.0. The molecular formula is C41H48BrF2N2O+. The number of pyridine rings is 1. The Morgan fingerprint density at radius 2 is 1.72 bits per heavy atom. The van der Waals surface area contributed by atoms with E-state index in [1.54, 1.807) is 0 Å². The van der Waals surface area contributed by atoms with Crippen LogP contribution in [0.1, 0.15) is 88.3 Å². The van der Waals surface area contributed by atoms with Crippen LogP contribution in [0.25, 0.3) is 10.9 Å². The highest BCUT2D eigenvalue weighted by molar-refractivity contribution is 9.10. The fourth-order valence-corrected chi connectivity index (χ4v) is 9.09. The Morgan fingerprint density at radius 1 is 1.00 bits per heavy atom. The Labute approximate surface area is 287 Å². The lowest BCUT2D eigenvalue weighted by Gasteiger charge is -2.58. The number of nitrogens with zero attached hydrogens (tertiary/aromatic N) is 2. The summed E-state index contributed by atoms with van der Waals surface area (Å²) in [5, 5.41) is 1.08. The monoisotopic (exact) mass is 701 g/mol. The van der Waals surface area contributed by atoms with E-state index in [1.165, 1.54) is 23.3 Å². The molecule has 248 valence electrons. The molecule has 3 saturated heterocycles. The summed E-state index contributed by atoms with van der Waals surface area (Å²) in [5.74, 6) is -0.231. The number of fused-ring (bicyclic) bond motifs is 4. The van der Waals surface area contributed by atoms with Crippen molar-refractivity contribution in [2.75, 3.05) is 13.1 Å². The number of aromatic nitrogens is 1. The number of hydrogen-bond donors (Lipinski definition) is 0. The minimum atomic E-state index is -0.534. The second-order valence-corrected chi connectivity index (χ2v) is 16.8. The normalized spacial score (nSPS) is 23.6. The van der Waals surface area contributed by atoms with Gasteiger partial charge in [0.05, 0.1) is 25.2 Å². The average Bonchev–Trinajstić information content (AvgIpc) is 3.00. The third-order valence-corrected chi connectivity index (χ3v) is 11.6. The summed E-state index contributed by atoms with van der Waals surface area (Å²) in [4.78, 5) is 4.69. The van der Waals surface area contributed by atoms with Gasteiger partial charge >= 0.3 is 0 Å². The van der Waals surface area contributed by atoms with Crippen molar-refractivity contribution in [3.05, 3.63) is 123 Å². The second kappa shape index (κ2) is 12.8. The molecule has 4 aromatic rings. The van der Waals surface area contributed by atoms with E-state index in [4.69, 9.17) is 9.72 Å². The van der Waals surface area contributed by atoms with Crippen LogP contribution in [0.15, 0.2) is 84.0 Å². The highest BCUT2D eigenvalue weighted by Crippen LogP contribution is 2.49. The van der Waals surface area contributed by atoms with Gasteiger partial charge < -0.3 is 9.22 Å². The predicted molar refractivity (Wildman–Crippen MR) is 191 cm³/mol. The van der Waals surface area contributed by atoms with E-state index in [9.17, 15) is 8.78 Å². The van der Waals surface area contributed by atoms with Crippen LogP contribution in [0.2, 0.25) is 0 Å². The molecular weight excluding hydrogens is 654 g/mol. The Morgan fingerprint density at radius 3 is 2.40 bits per heavy atom. The van der Waals surface area contributed by atoms with Gasteiger partial charge in [-0.1, -0.05) is 93.9 Å². The molecule has 0 unspecified atom stereocenters. The summed E-state index contributed by atoms with van der Waals surface area (Å²) in [7, 11) is 0. The van der Waals surface area contributed by atoms with Gasteiger partial charge in [0.2, 0.25) is 0 Å². The summed E-state index contributed by atoms with van der Waals surface area (Å²) in [5.41, 5.74) is 6.32. The maximum Gasteiger partial charge on any atom is 0.135 e. The molecule has 6 heteroatoms. The van der Waals surface area contributed by atoms with Crippen LogP contribution >= 0.6 is 15.9 Å². The van der Waals surface area contributed by atoms with Crippen LogP contribution in [-0.4, -0.2) is 28.6 Å². The minimum absolute atomic E-state index is 0.0282. The number of rotatable bonds is 8. The van der Waals surface area contributed by atoms with Crippen molar-refractivity contribution in [2.24, 2.45) is 11.8 Å². The minimum Gasteiger partial charge on any atom is -0.363 e. The molecule has 5 atom stereocenters. The zero-order valence-corrected chi connectivity index (χ0v) is 30.2. The van der Waals surface area contributed by atoms with Gasteiger partial charge in [0.1, 0.15) is 30.3 Å². The van der Waals surface area contributed by atoms with E-state index in [0.717, 1.165) is 58.5 Å². The first kappa shape index (κ1) is 34.0. The van der Waals surface area contributed by atoms with Gasteiger partial charge in [-0.3, -0.25) is 4.98 Å². The number of benzene rings is 3. The summed E-state index contributed by atoms with van der Waals surface area (Å²) < 4.78 is 38.1. The molecule has 0 aliphatic carbocycles. The van der Waals surface area contributed by atoms with Crippen LogP contribution in [0, 0.1) is 23.5 Å². The van der Waals surface area contributed by atoms with Crippen LogP contribution < -0.4 is 0 Å². The maximum atomic E-state index is 14.5. The maximum absolute atomic E-state index is 14.5. The third kappa shape index (κ3) is 6.84. The van der Waals surface area contributed by atoms with Crippen LogP contribution in [0.3, 0.4) is 0 Å². The predicted octanol–water partition coefficient (Wildman–Crippen LogP) is 10.7. The Bertz CT molecular complexity index is 1770. The lowest BCUT2D eigenvalue weighted by molar-refractivity contribution is -0.985. The molecule has 3 fully saturated rings. The van der Waals surface area contributed by atoms with Crippen molar-refractivity contribution in [3.63, 3.8) is 0 Å². The van der Waals surface area contributed by atoms with E-state index >= 15 is 0 Å². The van der Waals surface area contributed by atoms with Crippen molar-refractivity contribution < 1.29 is 18.0 Å². The summed E-state index contributed by atoms with van der Waals surface area (Å²) in [6.45, 7) is 20.5. The number of halogens is 3. The molecule has 0 spiro atoms. The summed E-state index contributed by atoms with van der Waals surface area (Å²) >= 11 is 4.00. The van der Waals surface area contributed by atoms with Gasteiger partial charge in [-0.2, -0.15) is 0 Å². The van der Waals surface area contributed by atoms with Gasteiger partial charge in [-0.05, 0) is 63.3 Å². The van der Waals surface area contributed by atoms with E-state index in [0.29, 0.717) is 35.0 Å². The molecule has 3 nitrogen and oxygen atoms in total. The molecule has 0 radical (unpaired) electrons. The van der Waals surface area contributed by atoms with Gasteiger partial charge in [-0.15, -0.1) is 6.58 Å². The first-order chi connectivity index (χ1) is 22.2. The standard InChI is InChI=1S/C41H48BrF2N2O/c1-8-27-24-46(23-26-17-31(43)22-32(44)18-26)16-14-28(27)20-37(46)39(34-13-15-45-36-12-10-9-11-33(34)36)47-25-29-19-30(40(2,3)4)21-35(38(29)42)41(5,6)7/h8-13,15,17-19,21-22,27-28,37,39H,1,14,16,20,23-25H2,2-7H3/q+1/t27-,28-,37+,39-,46+/m0/s1. The van der Waals surface area contributed by atoms with Crippen LogP contribution in [-0.2, 0) is 28.7 Å². The molecule has 1 aromatic heterocycles. The lowest BCUT2D eigenvalue weighted by Crippen LogP contribution is -2.67. The first-order valence-corrected chi connectivity index (χ1v) is 17.7. The van der Waals surface area contributed by atoms with E-state index < -0.39 is 11.6 Å². The van der Waals surface area contributed by atoms with Gasteiger partial charge in [0.25, 0.3) is 0 Å². The largest absolute Gasteiger partial charge is 0.363 e. The topological polar surface area (TPSA) is 22.1 Å². The first-order valence-electron chi connectivity index (χ1n) is 16.9. The van der Waals surface area contributed by atoms with Gasteiger partial charge in [0, 0.05) is 46.4 Å². The molecule has 4 heterocycles.